The molecule has 0 nitrogen and oxygen atoms in total. The zero-order valence-corrected chi connectivity index (χ0v) is 15.7. The number of benzene rings is 4. The number of fused-ring (bicyclic) bond motifs is 10. The van der Waals surface area contributed by atoms with Gasteiger partial charge in [-0.05, 0) is 55.1 Å². The fourth-order valence-electron chi connectivity index (χ4n) is 5.19. The summed E-state index contributed by atoms with van der Waals surface area (Å²) in [7, 11) is -2.26. The zero-order valence-electron chi connectivity index (χ0n) is 14.7. The number of hydrogen-bond donors (Lipinski definition) is 0. The molecule has 0 N–H and O–H groups in total. The molecule has 27 heavy (non-hydrogen) atoms. The Morgan fingerprint density at radius 2 is 0.963 bits per heavy atom. The van der Waals surface area contributed by atoms with Crippen LogP contribution in [0.4, 0.5) is 0 Å². The summed E-state index contributed by atoms with van der Waals surface area (Å²) in [6.07, 6.45) is 5.72. The predicted octanol–water partition coefficient (Wildman–Crippen LogP) is 3.01. The summed E-state index contributed by atoms with van der Waals surface area (Å²) in [5, 5.41) is 5.98. The van der Waals surface area contributed by atoms with Crippen LogP contribution < -0.4 is 20.7 Å². The molecular weight excluding hydrogens is 340 g/mol. The topological polar surface area (TPSA) is 0 Å². The third kappa shape index (κ3) is 1.65. The van der Waals surface area contributed by atoms with Gasteiger partial charge in [-0.3, -0.25) is 0 Å². The molecular formula is C26H16Si. The Bertz CT molecular complexity index is 1240. The van der Waals surface area contributed by atoms with Gasteiger partial charge in [-0.2, -0.15) is 0 Å². The lowest BCUT2D eigenvalue weighted by molar-refractivity contribution is 1.66. The SMILES string of the molecule is C#Cc1ccc2c(c1)-c1ccccc1[Si]21c2ccccc2-c2ccccc21. The maximum absolute atomic E-state index is 5.72. The molecule has 4 aromatic rings. The summed E-state index contributed by atoms with van der Waals surface area (Å²) in [5.74, 6) is 2.82. The molecule has 0 saturated heterocycles. The second-order valence-electron chi connectivity index (χ2n) is 7.29. The van der Waals surface area contributed by atoms with Crippen molar-refractivity contribution >= 4 is 28.8 Å². The lowest BCUT2D eigenvalue weighted by Crippen LogP contribution is -2.70. The summed E-state index contributed by atoms with van der Waals surface area (Å²) in [5.41, 5.74) is 6.41. The van der Waals surface area contributed by atoms with Crippen LogP contribution in [-0.2, 0) is 0 Å². The van der Waals surface area contributed by atoms with Crippen molar-refractivity contribution in [2.24, 2.45) is 0 Å². The van der Waals surface area contributed by atoms with E-state index >= 15 is 0 Å². The van der Waals surface area contributed by atoms with Crippen molar-refractivity contribution in [1.29, 1.82) is 0 Å². The molecule has 0 amide bonds. The van der Waals surface area contributed by atoms with Crippen LogP contribution in [0, 0.1) is 12.3 Å². The normalized spacial score (nSPS) is 14.2. The highest BCUT2D eigenvalue weighted by molar-refractivity contribution is 7.24. The largest absolute Gasteiger partial charge is 0.182 e. The summed E-state index contributed by atoms with van der Waals surface area (Å²) in [6.45, 7) is 0. The molecule has 0 saturated carbocycles. The molecule has 0 aromatic heterocycles. The molecule has 4 aromatic carbocycles. The number of rotatable bonds is 0. The monoisotopic (exact) mass is 356 g/mol. The third-order valence-electron chi connectivity index (χ3n) is 6.16. The minimum Gasteiger partial charge on any atom is -0.115 e. The molecule has 6 rings (SSSR count). The van der Waals surface area contributed by atoms with Crippen LogP contribution in [0.25, 0.3) is 22.3 Å². The van der Waals surface area contributed by atoms with Crippen LogP contribution in [0.5, 0.6) is 0 Å². The first kappa shape index (κ1) is 14.8. The van der Waals surface area contributed by atoms with Crippen LogP contribution in [0.15, 0.2) is 91.0 Å². The van der Waals surface area contributed by atoms with Crippen molar-refractivity contribution in [3.8, 4) is 34.6 Å². The van der Waals surface area contributed by atoms with Crippen molar-refractivity contribution in [2.75, 3.05) is 0 Å². The highest BCUT2D eigenvalue weighted by Crippen LogP contribution is 2.35. The van der Waals surface area contributed by atoms with E-state index in [9.17, 15) is 0 Å². The first-order valence-electron chi connectivity index (χ1n) is 9.26. The van der Waals surface area contributed by atoms with Crippen LogP contribution in [-0.4, -0.2) is 8.07 Å². The first-order valence-corrected chi connectivity index (χ1v) is 11.3. The maximum atomic E-state index is 5.72. The first-order chi connectivity index (χ1) is 13.4. The van der Waals surface area contributed by atoms with E-state index in [0.717, 1.165) is 5.56 Å². The molecule has 0 fully saturated rings. The van der Waals surface area contributed by atoms with E-state index in [1.807, 2.05) is 0 Å². The molecule has 0 atom stereocenters. The third-order valence-corrected chi connectivity index (χ3v) is 11.1. The van der Waals surface area contributed by atoms with Gasteiger partial charge < -0.3 is 0 Å². The van der Waals surface area contributed by atoms with Crippen molar-refractivity contribution < 1.29 is 0 Å². The molecule has 0 unspecified atom stereocenters. The zero-order chi connectivity index (χ0) is 18.0. The van der Waals surface area contributed by atoms with E-state index in [1.165, 1.54) is 43.0 Å². The molecule has 0 bridgehead atoms. The minimum absolute atomic E-state index is 0.953. The van der Waals surface area contributed by atoms with Crippen LogP contribution >= 0.6 is 0 Å². The Kier molecular flexibility index (Phi) is 2.79. The van der Waals surface area contributed by atoms with E-state index in [1.54, 1.807) is 0 Å². The Morgan fingerprint density at radius 1 is 0.519 bits per heavy atom. The van der Waals surface area contributed by atoms with Crippen LogP contribution in [0.3, 0.4) is 0 Å². The average molecular weight is 357 g/mol. The molecule has 0 radical (unpaired) electrons. The van der Waals surface area contributed by atoms with E-state index < -0.39 is 8.07 Å². The van der Waals surface area contributed by atoms with E-state index in [2.05, 4.69) is 96.9 Å². The van der Waals surface area contributed by atoms with Gasteiger partial charge in [-0.25, -0.2) is 0 Å². The second kappa shape index (κ2) is 5.10. The van der Waals surface area contributed by atoms with Crippen molar-refractivity contribution in [2.45, 2.75) is 0 Å². The van der Waals surface area contributed by atoms with Gasteiger partial charge in [0.15, 0.2) is 8.07 Å². The van der Waals surface area contributed by atoms with Gasteiger partial charge in [0.25, 0.3) is 0 Å². The number of hydrogen-bond acceptors (Lipinski definition) is 0. The molecule has 124 valence electrons. The Morgan fingerprint density at radius 3 is 1.48 bits per heavy atom. The van der Waals surface area contributed by atoms with Gasteiger partial charge in [0, 0.05) is 5.56 Å². The summed E-state index contributed by atoms with van der Waals surface area (Å²) in [6, 6.07) is 33.5. The highest BCUT2D eigenvalue weighted by atomic mass is 28.3. The standard InChI is InChI=1S/C26H16Si/c1-2-18-15-16-26-22(17-18)21-11-5-8-14-25(21)27(26)23-12-6-3-9-19(23)20-10-4-7-13-24(20)27/h1,3-17H. The van der Waals surface area contributed by atoms with E-state index in [0.29, 0.717) is 0 Å². The number of terminal acetylenes is 1. The fourth-order valence-corrected chi connectivity index (χ4v) is 10.8. The lowest BCUT2D eigenvalue weighted by atomic mass is 10.0. The molecule has 1 heteroatoms. The van der Waals surface area contributed by atoms with Gasteiger partial charge in [0.05, 0.1) is 0 Å². The molecule has 1 spiro atoms. The lowest BCUT2D eigenvalue weighted by Gasteiger charge is -2.27. The summed E-state index contributed by atoms with van der Waals surface area (Å²) in [4.78, 5) is 0. The average Bonchev–Trinajstić information content (AvgIpc) is 3.21. The van der Waals surface area contributed by atoms with Crippen molar-refractivity contribution in [3.05, 3.63) is 96.6 Å². The Labute approximate surface area is 160 Å². The van der Waals surface area contributed by atoms with Gasteiger partial charge >= 0.3 is 0 Å². The summed E-state index contributed by atoms with van der Waals surface area (Å²) < 4.78 is 0. The van der Waals surface area contributed by atoms with Crippen molar-refractivity contribution in [3.63, 3.8) is 0 Å². The van der Waals surface area contributed by atoms with Gasteiger partial charge in [0.2, 0.25) is 0 Å². The quantitative estimate of drug-likeness (QED) is 0.290. The minimum atomic E-state index is -2.26. The van der Waals surface area contributed by atoms with E-state index in [-0.39, 0.29) is 0 Å². The second-order valence-corrected chi connectivity index (χ2v) is 10.9. The Balaban J connectivity index is 1.85. The molecule has 2 aliphatic rings. The maximum Gasteiger partial charge on any atom is 0.182 e. The van der Waals surface area contributed by atoms with E-state index in [4.69, 9.17) is 6.42 Å². The Hall–Kier alpha value is -3.34. The van der Waals surface area contributed by atoms with Gasteiger partial charge in [0.1, 0.15) is 0 Å². The smallest absolute Gasteiger partial charge is 0.115 e. The van der Waals surface area contributed by atoms with Crippen LogP contribution in [0.2, 0.25) is 0 Å². The van der Waals surface area contributed by atoms with Gasteiger partial charge in [-0.1, -0.05) is 84.8 Å². The molecule has 2 heterocycles. The summed E-state index contributed by atoms with van der Waals surface area (Å²) >= 11 is 0. The van der Waals surface area contributed by atoms with Crippen molar-refractivity contribution in [1.82, 2.24) is 0 Å². The predicted molar refractivity (Wildman–Crippen MR) is 116 cm³/mol. The fraction of sp³-hybridized carbons (Fsp3) is 0. The van der Waals surface area contributed by atoms with Gasteiger partial charge in [-0.15, -0.1) is 6.42 Å². The molecule has 0 aliphatic carbocycles. The highest BCUT2D eigenvalue weighted by Gasteiger charge is 2.53. The van der Waals surface area contributed by atoms with Crippen LogP contribution in [0.1, 0.15) is 5.56 Å². The molecule has 2 aliphatic heterocycles.